The topological polar surface area (TPSA) is 45.2 Å². The average molecular weight is 387 g/mol. The molecule has 1 saturated heterocycles. The molecule has 3 aromatic rings. The van der Waals surface area contributed by atoms with Crippen molar-refractivity contribution in [1.82, 2.24) is 10.3 Å². The molecule has 2 N–H and O–H groups in total. The fraction of sp³-hybridized carbons (Fsp3) is 0.286. The molecule has 1 fully saturated rings. The van der Waals surface area contributed by atoms with Crippen LogP contribution in [0.1, 0.15) is 30.9 Å². The van der Waals surface area contributed by atoms with E-state index in [0.29, 0.717) is 15.6 Å². The number of nitrogens with one attached hydrogen (secondary N) is 1. The normalized spacial score (nSPS) is 18.8. The largest absolute Gasteiger partial charge is 0.387 e. The molecule has 2 heterocycles. The first-order chi connectivity index (χ1) is 12.6. The van der Waals surface area contributed by atoms with Gasteiger partial charge in [0.25, 0.3) is 0 Å². The molecule has 1 aromatic heterocycles. The predicted octanol–water partition coefficient (Wildman–Crippen LogP) is 5.38. The summed E-state index contributed by atoms with van der Waals surface area (Å²) >= 11 is 12.7. The molecule has 0 unspecified atom stereocenters. The van der Waals surface area contributed by atoms with E-state index in [9.17, 15) is 5.11 Å². The minimum absolute atomic E-state index is 0.0238. The van der Waals surface area contributed by atoms with Crippen LogP contribution in [0.4, 0.5) is 0 Å². The maximum absolute atomic E-state index is 11.1. The highest BCUT2D eigenvalue weighted by Gasteiger charge is 2.25. The van der Waals surface area contributed by atoms with Crippen LogP contribution in [-0.4, -0.2) is 22.7 Å². The first-order valence-corrected chi connectivity index (χ1v) is 9.65. The monoisotopic (exact) mass is 386 g/mol. The Hall–Kier alpha value is -1.65. The number of aliphatic hydroxyl groups is 1. The number of hydrogen-bond donors (Lipinski definition) is 2. The molecular weight excluding hydrogens is 367 g/mol. The molecule has 134 valence electrons. The van der Waals surface area contributed by atoms with E-state index in [0.717, 1.165) is 48.0 Å². The number of halogens is 2. The minimum Gasteiger partial charge on any atom is -0.387 e. The molecule has 1 aliphatic rings. The van der Waals surface area contributed by atoms with E-state index >= 15 is 0 Å². The Morgan fingerprint density at radius 2 is 1.88 bits per heavy atom. The molecule has 1 aliphatic heterocycles. The van der Waals surface area contributed by atoms with Crippen molar-refractivity contribution in [3.8, 4) is 11.3 Å². The second kappa shape index (κ2) is 7.53. The number of pyridine rings is 1. The van der Waals surface area contributed by atoms with Crippen LogP contribution in [0, 0.1) is 0 Å². The Balaban J connectivity index is 1.90. The van der Waals surface area contributed by atoms with Crippen LogP contribution in [0.25, 0.3) is 22.2 Å². The zero-order chi connectivity index (χ0) is 18.1. The lowest BCUT2D eigenvalue weighted by Crippen LogP contribution is -2.38. The van der Waals surface area contributed by atoms with Crippen molar-refractivity contribution in [1.29, 1.82) is 0 Å². The van der Waals surface area contributed by atoms with E-state index in [1.807, 2.05) is 42.5 Å². The van der Waals surface area contributed by atoms with Crippen molar-refractivity contribution in [3.63, 3.8) is 0 Å². The smallest absolute Gasteiger partial charge is 0.0950 e. The van der Waals surface area contributed by atoms with E-state index in [1.165, 1.54) is 0 Å². The highest BCUT2D eigenvalue weighted by molar-refractivity contribution is 6.38. The van der Waals surface area contributed by atoms with Crippen LogP contribution in [0.15, 0.2) is 48.5 Å². The van der Waals surface area contributed by atoms with Crippen LogP contribution < -0.4 is 5.32 Å². The van der Waals surface area contributed by atoms with Crippen LogP contribution >= 0.6 is 23.2 Å². The average Bonchev–Trinajstić information content (AvgIpc) is 2.68. The molecular formula is C21H20Cl2N2O. The molecule has 0 saturated carbocycles. The number of rotatable bonds is 3. The van der Waals surface area contributed by atoms with E-state index in [2.05, 4.69) is 5.32 Å². The summed E-state index contributed by atoms with van der Waals surface area (Å²) in [6, 6.07) is 15.5. The number of benzene rings is 2. The molecule has 26 heavy (non-hydrogen) atoms. The van der Waals surface area contributed by atoms with Gasteiger partial charge in [-0.25, -0.2) is 4.98 Å². The lowest BCUT2D eigenvalue weighted by atomic mass is 9.92. The first kappa shape index (κ1) is 17.7. The minimum atomic E-state index is -0.641. The molecule has 5 heteroatoms. The lowest BCUT2D eigenvalue weighted by Gasteiger charge is -2.29. The van der Waals surface area contributed by atoms with Gasteiger partial charge in [-0.1, -0.05) is 60.0 Å². The van der Waals surface area contributed by atoms with E-state index in [4.69, 9.17) is 28.2 Å². The maximum Gasteiger partial charge on any atom is 0.0950 e. The third-order valence-electron chi connectivity index (χ3n) is 4.98. The van der Waals surface area contributed by atoms with E-state index in [1.54, 1.807) is 6.07 Å². The standard InChI is InChI=1S/C21H20Cl2N2O/c22-14-10-15-16(21(26)18-8-4-5-9-24-18)12-19(13-6-2-1-3-7-13)25-20(15)17(23)11-14/h1-3,6-7,10-12,18,21,24,26H,4-5,8-9H2/t18-,21-/m1/s1. The van der Waals surface area contributed by atoms with Crippen molar-refractivity contribution in [3.05, 3.63) is 64.1 Å². The van der Waals surface area contributed by atoms with Crippen molar-refractivity contribution in [2.45, 2.75) is 31.4 Å². The second-order valence-corrected chi connectivity index (χ2v) is 7.59. The molecule has 0 radical (unpaired) electrons. The molecule has 2 atom stereocenters. The summed E-state index contributed by atoms with van der Waals surface area (Å²) in [5.41, 5.74) is 3.28. The maximum atomic E-state index is 11.1. The Bertz CT molecular complexity index is 924. The van der Waals surface area contributed by atoms with Gasteiger partial charge in [0.15, 0.2) is 0 Å². The Morgan fingerprint density at radius 1 is 1.08 bits per heavy atom. The number of piperidine rings is 1. The van der Waals surface area contributed by atoms with Gasteiger partial charge in [-0.15, -0.1) is 0 Å². The lowest BCUT2D eigenvalue weighted by molar-refractivity contribution is 0.115. The first-order valence-electron chi connectivity index (χ1n) is 8.90. The van der Waals surface area contributed by atoms with Gasteiger partial charge in [0.2, 0.25) is 0 Å². The number of fused-ring (bicyclic) bond motifs is 1. The summed E-state index contributed by atoms with van der Waals surface area (Å²) in [5.74, 6) is 0. The summed E-state index contributed by atoms with van der Waals surface area (Å²) in [6.45, 7) is 0.928. The van der Waals surface area contributed by atoms with Crippen molar-refractivity contribution >= 4 is 34.1 Å². The highest BCUT2D eigenvalue weighted by atomic mass is 35.5. The van der Waals surface area contributed by atoms with Crippen LogP contribution in [0.2, 0.25) is 10.0 Å². The third kappa shape index (κ3) is 3.45. The Labute approximate surface area is 163 Å². The quantitative estimate of drug-likeness (QED) is 0.634. The molecule has 3 nitrogen and oxygen atoms in total. The zero-order valence-electron chi connectivity index (χ0n) is 14.3. The number of hydrogen-bond acceptors (Lipinski definition) is 3. The van der Waals surface area contributed by atoms with Crippen LogP contribution in [0.5, 0.6) is 0 Å². The summed E-state index contributed by atoms with van der Waals surface area (Å²) in [7, 11) is 0. The molecule has 0 aliphatic carbocycles. The third-order valence-corrected chi connectivity index (χ3v) is 5.49. The Kier molecular flexibility index (Phi) is 5.14. The second-order valence-electron chi connectivity index (χ2n) is 6.75. The zero-order valence-corrected chi connectivity index (χ0v) is 15.8. The van der Waals surface area contributed by atoms with Gasteiger partial charge >= 0.3 is 0 Å². The molecule has 4 rings (SSSR count). The SMILES string of the molecule is O[C@H](c1cc(-c2ccccc2)nc2c(Cl)cc(Cl)cc12)[C@H]1CCCCN1. The molecule has 0 bridgehead atoms. The summed E-state index contributed by atoms with van der Waals surface area (Å²) in [4.78, 5) is 4.75. The van der Waals surface area contributed by atoms with Gasteiger partial charge in [0, 0.05) is 22.0 Å². The predicted molar refractivity (Wildman–Crippen MR) is 108 cm³/mol. The fourth-order valence-electron chi connectivity index (χ4n) is 3.64. The van der Waals surface area contributed by atoms with Gasteiger partial charge in [0.05, 0.1) is 22.3 Å². The number of nitrogens with zero attached hydrogens (tertiary/aromatic N) is 1. The van der Waals surface area contributed by atoms with E-state index in [-0.39, 0.29) is 6.04 Å². The highest BCUT2D eigenvalue weighted by Crippen LogP contribution is 2.36. The van der Waals surface area contributed by atoms with Crippen LogP contribution in [0.3, 0.4) is 0 Å². The van der Waals surface area contributed by atoms with Gasteiger partial charge in [-0.3, -0.25) is 0 Å². The van der Waals surface area contributed by atoms with Gasteiger partial charge in [0.1, 0.15) is 0 Å². The van der Waals surface area contributed by atoms with Crippen molar-refractivity contribution < 1.29 is 5.11 Å². The summed E-state index contributed by atoms with van der Waals surface area (Å²) < 4.78 is 0. The van der Waals surface area contributed by atoms with Gasteiger partial charge < -0.3 is 10.4 Å². The summed E-state index contributed by atoms with van der Waals surface area (Å²) in [5, 5.41) is 16.4. The van der Waals surface area contributed by atoms with Gasteiger partial charge in [-0.2, -0.15) is 0 Å². The number of aliphatic hydroxyl groups excluding tert-OH is 1. The fourth-order valence-corrected chi connectivity index (χ4v) is 4.18. The molecule has 2 aromatic carbocycles. The molecule has 0 amide bonds. The van der Waals surface area contributed by atoms with E-state index < -0.39 is 6.10 Å². The van der Waals surface area contributed by atoms with Crippen molar-refractivity contribution in [2.24, 2.45) is 0 Å². The van der Waals surface area contributed by atoms with Crippen LogP contribution in [-0.2, 0) is 0 Å². The van der Waals surface area contributed by atoms with Crippen molar-refractivity contribution in [2.75, 3.05) is 6.54 Å². The Morgan fingerprint density at radius 3 is 2.62 bits per heavy atom. The summed E-state index contributed by atoms with van der Waals surface area (Å²) in [6.07, 6.45) is 2.57. The van der Waals surface area contributed by atoms with Gasteiger partial charge in [-0.05, 0) is 43.1 Å². The molecule has 0 spiro atoms. The number of aromatic nitrogens is 1.